The number of aromatic nitrogens is 2. The van der Waals surface area contributed by atoms with E-state index < -0.39 is 0 Å². The fourth-order valence-corrected chi connectivity index (χ4v) is 2.53. The van der Waals surface area contributed by atoms with E-state index in [1.54, 1.807) is 30.6 Å². The van der Waals surface area contributed by atoms with Gasteiger partial charge in [-0.15, -0.1) is 0 Å². The molecule has 1 saturated heterocycles. The van der Waals surface area contributed by atoms with Gasteiger partial charge in [-0.1, -0.05) is 11.6 Å². The maximum atomic E-state index is 13.2. The van der Waals surface area contributed by atoms with Crippen LogP contribution in [0.3, 0.4) is 0 Å². The molecule has 0 spiro atoms. The molecule has 0 radical (unpaired) electrons. The van der Waals surface area contributed by atoms with Crippen LogP contribution in [-0.4, -0.2) is 29.1 Å². The summed E-state index contributed by atoms with van der Waals surface area (Å²) in [6.45, 7) is 1.71. The van der Waals surface area contributed by atoms with E-state index in [2.05, 4.69) is 20.2 Å². The fraction of sp³-hybridized carbons (Fsp3) is 0.286. The van der Waals surface area contributed by atoms with E-state index >= 15 is 0 Å². The first-order valence-electron chi connectivity index (χ1n) is 6.46. The molecule has 1 unspecified atom stereocenters. The van der Waals surface area contributed by atoms with Crippen LogP contribution in [0, 0.1) is 5.82 Å². The Labute approximate surface area is 121 Å². The lowest BCUT2D eigenvalue weighted by Gasteiger charge is -2.19. The molecule has 1 atom stereocenters. The lowest BCUT2D eigenvalue weighted by molar-refractivity contribution is 0.628. The van der Waals surface area contributed by atoms with Crippen molar-refractivity contribution in [2.45, 2.75) is 12.5 Å². The minimum absolute atomic E-state index is 0.158. The highest BCUT2D eigenvalue weighted by Crippen LogP contribution is 2.26. The Bertz CT molecular complexity index is 593. The smallest absolute Gasteiger partial charge is 0.222 e. The van der Waals surface area contributed by atoms with Crippen molar-refractivity contribution in [3.05, 3.63) is 47.5 Å². The quantitative estimate of drug-likeness (QED) is 0.944. The Hall–Kier alpha value is -1.88. The molecule has 4 nitrogen and oxygen atoms in total. The minimum atomic E-state index is -0.387. The number of nitrogens with zero attached hydrogens (tertiary/aromatic N) is 3. The molecular weight excluding hydrogens is 279 g/mol. The maximum Gasteiger partial charge on any atom is 0.222 e. The van der Waals surface area contributed by atoms with Gasteiger partial charge in [-0.05, 0) is 30.7 Å². The third-order valence-electron chi connectivity index (χ3n) is 3.36. The number of rotatable bonds is 3. The summed E-state index contributed by atoms with van der Waals surface area (Å²) < 4.78 is 13.2. The first-order valence-corrected chi connectivity index (χ1v) is 6.84. The van der Waals surface area contributed by atoms with Crippen molar-refractivity contribution >= 4 is 23.2 Å². The zero-order chi connectivity index (χ0) is 13.9. The minimum Gasteiger partial charge on any atom is -0.369 e. The fourth-order valence-electron chi connectivity index (χ4n) is 2.35. The van der Waals surface area contributed by atoms with Crippen LogP contribution >= 0.6 is 11.6 Å². The number of hydrogen-bond donors (Lipinski definition) is 1. The Morgan fingerprint density at radius 3 is 2.85 bits per heavy atom. The van der Waals surface area contributed by atoms with Gasteiger partial charge in [0.2, 0.25) is 5.95 Å². The summed E-state index contributed by atoms with van der Waals surface area (Å²) in [5, 5.41) is 3.45. The molecule has 6 heteroatoms. The van der Waals surface area contributed by atoms with Gasteiger partial charge in [-0.25, -0.2) is 14.4 Å². The molecule has 1 aromatic heterocycles. The zero-order valence-corrected chi connectivity index (χ0v) is 11.5. The molecule has 2 aromatic rings. The Morgan fingerprint density at radius 1 is 1.30 bits per heavy atom. The van der Waals surface area contributed by atoms with Gasteiger partial charge in [0.1, 0.15) is 5.82 Å². The second-order valence-electron chi connectivity index (χ2n) is 4.75. The zero-order valence-electron chi connectivity index (χ0n) is 10.8. The molecule has 3 rings (SSSR count). The maximum absolute atomic E-state index is 13.2. The second kappa shape index (κ2) is 5.63. The van der Waals surface area contributed by atoms with Crippen molar-refractivity contribution in [1.82, 2.24) is 9.97 Å². The third kappa shape index (κ3) is 2.82. The third-order valence-corrected chi connectivity index (χ3v) is 3.65. The monoisotopic (exact) mass is 292 g/mol. The summed E-state index contributed by atoms with van der Waals surface area (Å²) in [5.41, 5.74) is 0.940. The van der Waals surface area contributed by atoms with Crippen molar-refractivity contribution in [2.75, 3.05) is 23.3 Å². The molecule has 1 N–H and O–H groups in total. The molecule has 1 aliphatic rings. The highest BCUT2D eigenvalue weighted by molar-refractivity contribution is 6.31. The molecule has 0 saturated carbocycles. The largest absolute Gasteiger partial charge is 0.369 e. The van der Waals surface area contributed by atoms with E-state index in [1.807, 2.05) is 0 Å². The van der Waals surface area contributed by atoms with Gasteiger partial charge < -0.3 is 10.2 Å². The van der Waals surface area contributed by atoms with Crippen molar-refractivity contribution in [3.8, 4) is 0 Å². The van der Waals surface area contributed by atoms with E-state index in [9.17, 15) is 4.39 Å². The van der Waals surface area contributed by atoms with Gasteiger partial charge in [-0.3, -0.25) is 0 Å². The SMILES string of the molecule is Fc1ccc(N2CCC(Nc3ncccn3)C2)cc1Cl. The van der Waals surface area contributed by atoms with Gasteiger partial charge in [0, 0.05) is 37.2 Å². The van der Waals surface area contributed by atoms with Crippen molar-refractivity contribution in [2.24, 2.45) is 0 Å². The summed E-state index contributed by atoms with van der Waals surface area (Å²) in [4.78, 5) is 10.5. The Morgan fingerprint density at radius 2 is 2.10 bits per heavy atom. The molecular formula is C14H14ClFN4. The first-order chi connectivity index (χ1) is 9.72. The van der Waals surface area contributed by atoms with Crippen molar-refractivity contribution < 1.29 is 4.39 Å². The summed E-state index contributed by atoms with van der Waals surface area (Å²) in [7, 11) is 0. The molecule has 0 amide bonds. The normalized spacial score (nSPS) is 18.3. The summed E-state index contributed by atoms with van der Waals surface area (Å²) in [6, 6.07) is 6.88. The highest BCUT2D eigenvalue weighted by atomic mass is 35.5. The lowest BCUT2D eigenvalue weighted by Crippen LogP contribution is -2.26. The number of hydrogen-bond acceptors (Lipinski definition) is 4. The first kappa shape index (κ1) is 13.1. The second-order valence-corrected chi connectivity index (χ2v) is 5.15. The molecule has 1 fully saturated rings. The van der Waals surface area contributed by atoms with Crippen LogP contribution in [-0.2, 0) is 0 Å². The van der Waals surface area contributed by atoms with E-state index in [-0.39, 0.29) is 16.9 Å². The molecule has 0 aliphatic carbocycles. The van der Waals surface area contributed by atoms with Crippen LogP contribution in [0.5, 0.6) is 0 Å². The average Bonchev–Trinajstić information content (AvgIpc) is 2.91. The lowest BCUT2D eigenvalue weighted by atomic mass is 10.2. The molecule has 104 valence electrons. The molecule has 2 heterocycles. The topological polar surface area (TPSA) is 41.0 Å². The standard InChI is InChI=1S/C14H14ClFN4/c15-12-8-11(2-3-13(12)16)20-7-4-10(9-20)19-14-17-5-1-6-18-14/h1-3,5-6,8,10H,4,7,9H2,(H,17,18,19). The van der Waals surface area contributed by atoms with Crippen LogP contribution in [0.25, 0.3) is 0 Å². The highest BCUT2D eigenvalue weighted by Gasteiger charge is 2.23. The number of halogens is 2. The predicted octanol–water partition coefficient (Wildman–Crippen LogP) is 2.96. The molecule has 0 bridgehead atoms. The summed E-state index contributed by atoms with van der Waals surface area (Å²) >= 11 is 5.82. The van der Waals surface area contributed by atoms with Gasteiger partial charge >= 0.3 is 0 Å². The predicted molar refractivity (Wildman–Crippen MR) is 77.7 cm³/mol. The van der Waals surface area contributed by atoms with Crippen molar-refractivity contribution in [1.29, 1.82) is 0 Å². The van der Waals surface area contributed by atoms with Gasteiger partial charge in [0.05, 0.1) is 5.02 Å². The van der Waals surface area contributed by atoms with E-state index in [0.29, 0.717) is 5.95 Å². The molecule has 20 heavy (non-hydrogen) atoms. The van der Waals surface area contributed by atoms with Gasteiger partial charge in [0.25, 0.3) is 0 Å². The number of nitrogens with one attached hydrogen (secondary N) is 1. The van der Waals surface area contributed by atoms with Crippen molar-refractivity contribution in [3.63, 3.8) is 0 Å². The van der Waals surface area contributed by atoms with E-state index in [1.165, 1.54) is 6.07 Å². The number of benzene rings is 1. The van der Waals surface area contributed by atoms with Gasteiger partial charge in [0.15, 0.2) is 0 Å². The Kier molecular flexibility index (Phi) is 3.69. The van der Waals surface area contributed by atoms with Crippen LogP contribution in [0.15, 0.2) is 36.7 Å². The molecule has 1 aliphatic heterocycles. The van der Waals surface area contributed by atoms with Crippen LogP contribution in [0.4, 0.5) is 16.0 Å². The van der Waals surface area contributed by atoms with Crippen LogP contribution < -0.4 is 10.2 Å². The van der Waals surface area contributed by atoms with E-state index in [4.69, 9.17) is 11.6 Å². The van der Waals surface area contributed by atoms with Crippen LogP contribution in [0.1, 0.15) is 6.42 Å². The van der Waals surface area contributed by atoms with E-state index in [0.717, 1.165) is 25.2 Å². The van der Waals surface area contributed by atoms with Gasteiger partial charge in [-0.2, -0.15) is 0 Å². The Balaban J connectivity index is 1.66. The van der Waals surface area contributed by atoms with Crippen LogP contribution in [0.2, 0.25) is 5.02 Å². The number of anilines is 2. The summed E-state index contributed by atoms with van der Waals surface area (Å²) in [6.07, 6.45) is 4.40. The molecule has 1 aromatic carbocycles. The summed E-state index contributed by atoms with van der Waals surface area (Å²) in [5.74, 6) is 0.249. The average molecular weight is 293 g/mol.